The highest BCUT2D eigenvalue weighted by molar-refractivity contribution is 5.69. The number of aromatic nitrogens is 1. The van der Waals surface area contributed by atoms with E-state index in [2.05, 4.69) is 10.5 Å². The number of hydrogen-bond donors (Lipinski definition) is 2. The fourth-order valence-corrected chi connectivity index (χ4v) is 1.30. The van der Waals surface area contributed by atoms with E-state index in [0.717, 1.165) is 11.3 Å². The van der Waals surface area contributed by atoms with Gasteiger partial charge in [-0.15, -0.1) is 0 Å². The number of rotatable bonds is 2. The topological polar surface area (TPSA) is 75.4 Å². The number of carboxylic acids is 1. The maximum Gasteiger partial charge on any atom is 0.311 e. The first-order valence-electron chi connectivity index (χ1n) is 3.66. The third kappa shape index (κ3) is 1.08. The smallest absolute Gasteiger partial charge is 0.311 e. The molecule has 0 amide bonds. The Kier molecular flexibility index (Phi) is 1.58. The molecule has 0 aromatic carbocycles. The highest BCUT2D eigenvalue weighted by Gasteiger charge is 2.21. The minimum atomic E-state index is -0.888. The van der Waals surface area contributed by atoms with E-state index in [1.54, 1.807) is 0 Å². The zero-order chi connectivity index (χ0) is 8.55. The molecule has 1 aromatic rings. The Labute approximate surface area is 68.4 Å². The van der Waals surface area contributed by atoms with Gasteiger partial charge in [-0.25, -0.2) is 0 Å². The maximum absolute atomic E-state index is 10.4. The molecule has 2 N–H and O–H groups in total. The molecule has 0 fully saturated rings. The first-order chi connectivity index (χ1) is 5.77. The molecule has 0 bridgehead atoms. The highest BCUT2D eigenvalue weighted by Crippen LogP contribution is 2.19. The Hall–Kier alpha value is -1.36. The van der Waals surface area contributed by atoms with Gasteiger partial charge in [-0.1, -0.05) is 5.16 Å². The van der Waals surface area contributed by atoms with Gasteiger partial charge in [0.15, 0.2) is 5.76 Å². The van der Waals surface area contributed by atoms with Crippen molar-refractivity contribution in [2.24, 2.45) is 0 Å². The van der Waals surface area contributed by atoms with Crippen LogP contribution in [0.15, 0.2) is 4.52 Å². The van der Waals surface area contributed by atoms with Crippen molar-refractivity contribution in [3.8, 4) is 0 Å². The van der Waals surface area contributed by atoms with E-state index in [1.807, 2.05) is 0 Å². The first-order valence-corrected chi connectivity index (χ1v) is 3.66. The van der Waals surface area contributed by atoms with Crippen molar-refractivity contribution in [1.82, 2.24) is 10.5 Å². The maximum atomic E-state index is 10.4. The van der Waals surface area contributed by atoms with Crippen molar-refractivity contribution in [3.63, 3.8) is 0 Å². The quantitative estimate of drug-likeness (QED) is 0.645. The molecule has 0 saturated heterocycles. The molecule has 1 aliphatic rings. The van der Waals surface area contributed by atoms with Gasteiger partial charge in [0.2, 0.25) is 0 Å². The van der Waals surface area contributed by atoms with E-state index in [0.29, 0.717) is 18.8 Å². The fraction of sp³-hybridized carbons (Fsp3) is 0.429. The number of aliphatic carboxylic acids is 1. The summed E-state index contributed by atoms with van der Waals surface area (Å²) in [5.74, 6) is -0.414. The summed E-state index contributed by atoms with van der Waals surface area (Å²) < 4.78 is 4.88. The molecule has 0 unspecified atom stereocenters. The van der Waals surface area contributed by atoms with Crippen LogP contribution in [-0.2, 0) is 24.3 Å². The number of hydrogen-bond acceptors (Lipinski definition) is 4. The molecule has 0 saturated carbocycles. The number of nitrogens with one attached hydrogen (secondary N) is 1. The van der Waals surface area contributed by atoms with Crippen LogP contribution in [0.25, 0.3) is 0 Å². The van der Waals surface area contributed by atoms with Crippen LogP contribution in [0.3, 0.4) is 0 Å². The minimum Gasteiger partial charge on any atom is -0.481 e. The van der Waals surface area contributed by atoms with Gasteiger partial charge in [0, 0.05) is 18.7 Å². The monoisotopic (exact) mass is 168 g/mol. The lowest BCUT2D eigenvalue weighted by molar-refractivity contribution is -0.136. The van der Waals surface area contributed by atoms with Crippen molar-refractivity contribution in [3.05, 3.63) is 17.0 Å². The average Bonchev–Trinajstić information content (AvgIpc) is 2.52. The molecule has 0 radical (unpaired) electrons. The lowest BCUT2D eigenvalue weighted by atomic mass is 10.2. The van der Waals surface area contributed by atoms with Crippen molar-refractivity contribution in [2.75, 3.05) is 0 Å². The second-order valence-electron chi connectivity index (χ2n) is 2.71. The summed E-state index contributed by atoms with van der Waals surface area (Å²) in [5.41, 5.74) is 1.75. The van der Waals surface area contributed by atoms with Gasteiger partial charge in [0.1, 0.15) is 12.1 Å². The molecular formula is C7H8N2O3. The number of carboxylic acid groups (broad SMARTS) is 1. The van der Waals surface area contributed by atoms with Crippen LogP contribution in [0.2, 0.25) is 0 Å². The molecule has 5 nitrogen and oxygen atoms in total. The summed E-state index contributed by atoms with van der Waals surface area (Å²) >= 11 is 0. The molecule has 64 valence electrons. The van der Waals surface area contributed by atoms with Crippen LogP contribution in [0.5, 0.6) is 0 Å². The second-order valence-corrected chi connectivity index (χ2v) is 2.71. The zero-order valence-corrected chi connectivity index (χ0v) is 6.33. The van der Waals surface area contributed by atoms with E-state index in [-0.39, 0.29) is 6.42 Å². The third-order valence-electron chi connectivity index (χ3n) is 1.86. The molecule has 2 heterocycles. The molecular weight excluding hydrogens is 160 g/mol. The van der Waals surface area contributed by atoms with Crippen LogP contribution in [-0.4, -0.2) is 16.2 Å². The van der Waals surface area contributed by atoms with Crippen LogP contribution in [0.4, 0.5) is 0 Å². The predicted molar refractivity (Wildman–Crippen MR) is 38.4 cm³/mol. The van der Waals surface area contributed by atoms with Gasteiger partial charge >= 0.3 is 5.97 Å². The Morgan fingerprint density at radius 3 is 3.25 bits per heavy atom. The van der Waals surface area contributed by atoms with E-state index in [1.165, 1.54) is 0 Å². The van der Waals surface area contributed by atoms with Crippen LogP contribution < -0.4 is 5.32 Å². The average molecular weight is 168 g/mol. The summed E-state index contributed by atoms with van der Waals surface area (Å²) in [5, 5.41) is 15.3. The van der Waals surface area contributed by atoms with E-state index in [4.69, 9.17) is 9.63 Å². The molecule has 5 heteroatoms. The standard InChI is InChI=1S/C7H8N2O3/c10-7(11)1-6-4-2-8-3-5(4)9-12-6/h8H,1-3H2,(H,10,11). The SMILES string of the molecule is O=C(O)Cc1onc2c1CNC2. The summed E-state index contributed by atoms with van der Waals surface area (Å²) in [4.78, 5) is 10.4. The zero-order valence-electron chi connectivity index (χ0n) is 6.33. The molecule has 0 atom stereocenters. The van der Waals surface area contributed by atoms with E-state index >= 15 is 0 Å². The van der Waals surface area contributed by atoms with E-state index in [9.17, 15) is 4.79 Å². The largest absolute Gasteiger partial charge is 0.481 e. The third-order valence-corrected chi connectivity index (χ3v) is 1.86. The normalized spacial score (nSPS) is 14.7. The molecule has 2 rings (SSSR count). The number of fused-ring (bicyclic) bond motifs is 1. The molecule has 0 spiro atoms. The summed E-state index contributed by atoms with van der Waals surface area (Å²) in [6.07, 6.45) is -0.0794. The van der Waals surface area contributed by atoms with Crippen molar-refractivity contribution in [1.29, 1.82) is 0 Å². The van der Waals surface area contributed by atoms with Crippen molar-refractivity contribution >= 4 is 5.97 Å². The summed E-state index contributed by atoms with van der Waals surface area (Å²) in [7, 11) is 0. The van der Waals surface area contributed by atoms with Crippen molar-refractivity contribution < 1.29 is 14.4 Å². The van der Waals surface area contributed by atoms with Crippen LogP contribution >= 0.6 is 0 Å². The Morgan fingerprint density at radius 2 is 2.50 bits per heavy atom. The second kappa shape index (κ2) is 2.60. The number of carbonyl (C=O) groups is 1. The van der Waals surface area contributed by atoms with E-state index < -0.39 is 5.97 Å². The lowest BCUT2D eigenvalue weighted by Gasteiger charge is -1.92. The molecule has 0 aliphatic carbocycles. The molecule has 1 aliphatic heterocycles. The highest BCUT2D eigenvalue weighted by atomic mass is 16.5. The van der Waals surface area contributed by atoms with Gasteiger partial charge in [-0.2, -0.15) is 0 Å². The molecule has 12 heavy (non-hydrogen) atoms. The van der Waals surface area contributed by atoms with Gasteiger partial charge < -0.3 is 14.9 Å². The van der Waals surface area contributed by atoms with Gasteiger partial charge in [0.25, 0.3) is 0 Å². The first kappa shape index (κ1) is 7.30. The van der Waals surface area contributed by atoms with Gasteiger partial charge in [0.05, 0.1) is 0 Å². The Morgan fingerprint density at radius 1 is 1.67 bits per heavy atom. The Bertz CT molecular complexity index is 318. The minimum absolute atomic E-state index is 0.0794. The molecule has 1 aromatic heterocycles. The summed E-state index contributed by atoms with van der Waals surface area (Å²) in [6, 6.07) is 0. The van der Waals surface area contributed by atoms with Crippen LogP contribution in [0.1, 0.15) is 17.0 Å². The lowest BCUT2D eigenvalue weighted by Crippen LogP contribution is -2.05. The Balaban J connectivity index is 2.27. The van der Waals surface area contributed by atoms with Gasteiger partial charge in [-0.05, 0) is 0 Å². The van der Waals surface area contributed by atoms with Crippen molar-refractivity contribution in [2.45, 2.75) is 19.5 Å². The number of nitrogens with zero attached hydrogens (tertiary/aromatic N) is 1. The van der Waals surface area contributed by atoms with Gasteiger partial charge in [-0.3, -0.25) is 4.79 Å². The predicted octanol–water partition coefficient (Wildman–Crippen LogP) is -0.0951. The fourth-order valence-electron chi connectivity index (χ4n) is 1.30. The van der Waals surface area contributed by atoms with Crippen LogP contribution in [0, 0.1) is 0 Å². The summed E-state index contributed by atoms with van der Waals surface area (Å²) in [6.45, 7) is 1.35.